The molecule has 21 heavy (non-hydrogen) atoms. The fraction of sp³-hybridized carbons (Fsp3) is 0.412. The first-order valence-electron chi connectivity index (χ1n) is 7.53. The molecular formula is C17H21ClN2S. The first kappa shape index (κ1) is 15.0. The number of piperazine rings is 1. The highest BCUT2D eigenvalue weighted by molar-refractivity contribution is 7.16. The Morgan fingerprint density at radius 2 is 2.05 bits per heavy atom. The van der Waals surface area contributed by atoms with Crippen LogP contribution in [0.4, 0.5) is 0 Å². The predicted octanol–water partition coefficient (Wildman–Crippen LogP) is 4.33. The van der Waals surface area contributed by atoms with E-state index in [9.17, 15) is 0 Å². The molecule has 2 unspecified atom stereocenters. The molecule has 1 aliphatic heterocycles. The molecule has 0 saturated carbocycles. The summed E-state index contributed by atoms with van der Waals surface area (Å²) in [4.78, 5) is 3.95. The largest absolute Gasteiger partial charge is 0.307 e. The molecule has 1 N–H and O–H groups in total. The van der Waals surface area contributed by atoms with Crippen LogP contribution in [0.2, 0.25) is 4.34 Å². The van der Waals surface area contributed by atoms with E-state index in [0.29, 0.717) is 12.1 Å². The van der Waals surface area contributed by atoms with Gasteiger partial charge in [-0.3, -0.25) is 4.90 Å². The van der Waals surface area contributed by atoms with Crippen LogP contribution in [0, 0.1) is 0 Å². The zero-order valence-corrected chi connectivity index (χ0v) is 13.8. The lowest BCUT2D eigenvalue weighted by atomic mass is 10.0. The molecule has 1 aromatic carbocycles. The lowest BCUT2D eigenvalue weighted by Gasteiger charge is -2.40. The van der Waals surface area contributed by atoms with Crippen LogP contribution in [0.5, 0.6) is 0 Å². The summed E-state index contributed by atoms with van der Waals surface area (Å²) >= 11 is 7.75. The monoisotopic (exact) mass is 320 g/mol. The fourth-order valence-corrected chi connectivity index (χ4v) is 4.11. The number of hydrogen-bond donors (Lipinski definition) is 1. The van der Waals surface area contributed by atoms with E-state index in [2.05, 4.69) is 53.5 Å². The Morgan fingerprint density at radius 3 is 2.71 bits per heavy atom. The zero-order valence-electron chi connectivity index (χ0n) is 12.3. The Kier molecular flexibility index (Phi) is 4.96. The molecule has 1 saturated heterocycles. The summed E-state index contributed by atoms with van der Waals surface area (Å²) in [6, 6.07) is 15.9. The first-order chi connectivity index (χ1) is 10.3. The third-order valence-corrected chi connectivity index (χ3v) is 5.41. The molecular weight excluding hydrogens is 300 g/mol. The van der Waals surface area contributed by atoms with Gasteiger partial charge in [0.1, 0.15) is 0 Å². The number of nitrogens with one attached hydrogen (secondary N) is 1. The van der Waals surface area contributed by atoms with E-state index >= 15 is 0 Å². The molecule has 112 valence electrons. The van der Waals surface area contributed by atoms with E-state index in [4.69, 9.17) is 11.6 Å². The minimum Gasteiger partial charge on any atom is -0.307 e. The highest BCUT2D eigenvalue weighted by Crippen LogP contribution is 2.27. The van der Waals surface area contributed by atoms with Crippen molar-refractivity contribution in [2.45, 2.75) is 32.0 Å². The van der Waals surface area contributed by atoms with Gasteiger partial charge in [0.15, 0.2) is 0 Å². The number of nitrogens with zero attached hydrogens (tertiary/aromatic N) is 1. The lowest BCUT2D eigenvalue weighted by molar-refractivity contribution is 0.120. The second-order valence-corrected chi connectivity index (χ2v) is 7.37. The van der Waals surface area contributed by atoms with Gasteiger partial charge in [0.25, 0.3) is 0 Å². The maximum Gasteiger partial charge on any atom is 0.0931 e. The molecule has 0 radical (unpaired) electrons. The topological polar surface area (TPSA) is 15.3 Å². The molecule has 1 aromatic heterocycles. The highest BCUT2D eigenvalue weighted by atomic mass is 35.5. The molecule has 0 amide bonds. The third-order valence-electron chi connectivity index (χ3n) is 4.19. The van der Waals surface area contributed by atoms with E-state index in [-0.39, 0.29) is 0 Å². The van der Waals surface area contributed by atoms with Crippen LogP contribution in [0.25, 0.3) is 0 Å². The van der Waals surface area contributed by atoms with E-state index in [1.807, 2.05) is 6.07 Å². The van der Waals surface area contributed by atoms with Crippen molar-refractivity contribution in [3.8, 4) is 0 Å². The van der Waals surface area contributed by atoms with Crippen LogP contribution in [0.3, 0.4) is 0 Å². The molecule has 2 heterocycles. The first-order valence-corrected chi connectivity index (χ1v) is 8.72. The van der Waals surface area contributed by atoms with Gasteiger partial charge >= 0.3 is 0 Å². The second kappa shape index (κ2) is 6.93. The average molecular weight is 321 g/mol. The van der Waals surface area contributed by atoms with E-state index in [1.165, 1.54) is 16.9 Å². The van der Waals surface area contributed by atoms with Crippen molar-refractivity contribution in [2.75, 3.05) is 13.1 Å². The van der Waals surface area contributed by atoms with Crippen molar-refractivity contribution < 1.29 is 0 Å². The summed E-state index contributed by atoms with van der Waals surface area (Å²) in [7, 11) is 0. The summed E-state index contributed by atoms with van der Waals surface area (Å²) in [6.45, 7) is 5.37. The Labute approximate surface area is 135 Å². The molecule has 1 aliphatic rings. The van der Waals surface area contributed by atoms with Crippen LogP contribution in [0.1, 0.15) is 29.8 Å². The van der Waals surface area contributed by atoms with Gasteiger partial charge in [-0.25, -0.2) is 0 Å². The van der Waals surface area contributed by atoms with Gasteiger partial charge in [0, 0.05) is 36.6 Å². The Morgan fingerprint density at radius 1 is 1.24 bits per heavy atom. The van der Waals surface area contributed by atoms with Crippen LogP contribution in [0.15, 0.2) is 42.5 Å². The summed E-state index contributed by atoms with van der Waals surface area (Å²) in [6.07, 6.45) is 1.17. The minimum atomic E-state index is 0.421. The van der Waals surface area contributed by atoms with Crippen LogP contribution in [-0.2, 0) is 6.54 Å². The van der Waals surface area contributed by atoms with Crippen molar-refractivity contribution in [1.29, 1.82) is 0 Å². The quantitative estimate of drug-likeness (QED) is 0.902. The van der Waals surface area contributed by atoms with Crippen LogP contribution in [-0.4, -0.2) is 24.0 Å². The van der Waals surface area contributed by atoms with Crippen molar-refractivity contribution in [3.05, 3.63) is 57.2 Å². The molecule has 0 spiro atoms. The maximum atomic E-state index is 6.06. The van der Waals surface area contributed by atoms with E-state index in [0.717, 1.165) is 24.0 Å². The number of halogens is 1. The van der Waals surface area contributed by atoms with Gasteiger partial charge in [-0.1, -0.05) is 48.9 Å². The van der Waals surface area contributed by atoms with E-state index < -0.39 is 0 Å². The fourth-order valence-electron chi connectivity index (χ4n) is 3.00. The third kappa shape index (κ3) is 3.67. The second-order valence-electron chi connectivity index (χ2n) is 5.57. The molecule has 2 aromatic rings. The molecule has 2 nitrogen and oxygen atoms in total. The molecule has 0 aliphatic carbocycles. The minimum absolute atomic E-state index is 0.421. The molecule has 2 atom stereocenters. The Bertz CT molecular complexity index is 569. The van der Waals surface area contributed by atoms with Gasteiger partial charge in [-0.2, -0.15) is 0 Å². The molecule has 3 rings (SSSR count). The molecule has 4 heteroatoms. The smallest absolute Gasteiger partial charge is 0.0931 e. The van der Waals surface area contributed by atoms with Crippen molar-refractivity contribution >= 4 is 22.9 Å². The highest BCUT2D eigenvalue weighted by Gasteiger charge is 2.27. The van der Waals surface area contributed by atoms with Gasteiger partial charge in [0.2, 0.25) is 0 Å². The summed E-state index contributed by atoms with van der Waals surface area (Å²) in [5.74, 6) is 0. The zero-order chi connectivity index (χ0) is 14.7. The van der Waals surface area contributed by atoms with E-state index in [1.54, 1.807) is 11.3 Å². The average Bonchev–Trinajstić information content (AvgIpc) is 2.93. The van der Waals surface area contributed by atoms with Crippen molar-refractivity contribution in [2.24, 2.45) is 0 Å². The Hall–Kier alpha value is -0.870. The number of hydrogen-bond acceptors (Lipinski definition) is 3. The lowest BCUT2D eigenvalue weighted by Crippen LogP contribution is -2.51. The summed E-state index contributed by atoms with van der Waals surface area (Å²) in [5, 5.41) is 3.69. The van der Waals surface area contributed by atoms with Gasteiger partial charge in [-0.15, -0.1) is 11.3 Å². The summed E-state index contributed by atoms with van der Waals surface area (Å²) in [5.41, 5.74) is 1.38. The standard InChI is InChI=1S/C17H21ClN2S/c1-2-14-10-19-16(13-6-4-3-5-7-13)12-20(14)11-15-8-9-17(18)21-15/h3-9,14,16,19H,2,10-12H2,1H3. The number of benzene rings is 1. The van der Waals surface area contributed by atoms with Crippen LogP contribution < -0.4 is 5.32 Å². The molecule has 1 fully saturated rings. The van der Waals surface area contributed by atoms with Gasteiger partial charge in [-0.05, 0) is 24.1 Å². The van der Waals surface area contributed by atoms with Crippen molar-refractivity contribution in [1.82, 2.24) is 10.2 Å². The van der Waals surface area contributed by atoms with Crippen molar-refractivity contribution in [3.63, 3.8) is 0 Å². The van der Waals surface area contributed by atoms with Crippen LogP contribution >= 0.6 is 22.9 Å². The van der Waals surface area contributed by atoms with Gasteiger partial charge < -0.3 is 5.32 Å². The normalized spacial score (nSPS) is 23.3. The summed E-state index contributed by atoms with van der Waals surface area (Å²) < 4.78 is 0.882. The SMILES string of the molecule is CCC1CNC(c2ccccc2)CN1Cc1ccc(Cl)s1. The number of thiophene rings is 1. The Balaban J connectivity index is 1.72. The maximum absolute atomic E-state index is 6.06. The number of rotatable bonds is 4. The predicted molar refractivity (Wildman–Crippen MR) is 91.0 cm³/mol. The molecule has 0 bridgehead atoms. The van der Waals surface area contributed by atoms with Gasteiger partial charge in [0.05, 0.1) is 4.34 Å².